The highest BCUT2D eigenvalue weighted by molar-refractivity contribution is 5.84. The summed E-state index contributed by atoms with van der Waals surface area (Å²) in [6, 6.07) is 11.6. The molecule has 0 saturated heterocycles. The van der Waals surface area contributed by atoms with E-state index < -0.39 is 0 Å². The molecule has 0 amide bonds. The van der Waals surface area contributed by atoms with Gasteiger partial charge in [0, 0.05) is 10.9 Å². The topological polar surface area (TPSA) is 70.7 Å². The van der Waals surface area contributed by atoms with E-state index in [1.165, 1.54) is 12.5 Å². The van der Waals surface area contributed by atoms with Crippen LogP contribution >= 0.6 is 0 Å². The molecule has 3 rings (SSSR count). The van der Waals surface area contributed by atoms with Gasteiger partial charge in [-0.1, -0.05) is 18.2 Å². The summed E-state index contributed by atoms with van der Waals surface area (Å²) in [5.41, 5.74) is 5.63. The Bertz CT molecular complexity index is 793. The Labute approximate surface area is 121 Å². The van der Waals surface area contributed by atoms with Crippen LogP contribution in [0.25, 0.3) is 10.9 Å². The van der Waals surface area contributed by atoms with Gasteiger partial charge in [-0.3, -0.25) is 5.43 Å². The molecule has 0 aliphatic rings. The molecule has 5 heteroatoms. The number of hydrogen-bond donors (Lipinski definition) is 2. The van der Waals surface area contributed by atoms with Gasteiger partial charge in [0.25, 0.3) is 0 Å². The van der Waals surface area contributed by atoms with Crippen molar-refractivity contribution in [3.8, 4) is 0 Å². The lowest BCUT2D eigenvalue weighted by atomic mass is 10.1. The van der Waals surface area contributed by atoms with E-state index in [1.807, 2.05) is 37.3 Å². The molecule has 21 heavy (non-hydrogen) atoms. The summed E-state index contributed by atoms with van der Waals surface area (Å²) >= 11 is 0. The fraction of sp³-hybridized carbons (Fsp3) is 0.125. The molecule has 0 radical (unpaired) electrons. The molecule has 2 aromatic heterocycles. The van der Waals surface area contributed by atoms with Crippen molar-refractivity contribution in [3.05, 3.63) is 59.5 Å². The summed E-state index contributed by atoms with van der Waals surface area (Å²) in [5, 5.41) is 14.3. The summed E-state index contributed by atoms with van der Waals surface area (Å²) in [6.45, 7) is 1.96. The number of aryl methyl sites for hydroxylation is 1. The van der Waals surface area contributed by atoms with Crippen LogP contribution in [0.1, 0.15) is 16.9 Å². The molecule has 0 unspecified atom stereocenters. The fourth-order valence-electron chi connectivity index (χ4n) is 2.16. The zero-order chi connectivity index (χ0) is 14.7. The van der Waals surface area contributed by atoms with Gasteiger partial charge in [-0.05, 0) is 30.7 Å². The lowest BCUT2D eigenvalue weighted by molar-refractivity contribution is 0.280. The van der Waals surface area contributed by atoms with Crippen molar-refractivity contribution in [2.24, 2.45) is 5.10 Å². The Morgan fingerprint density at radius 2 is 2.19 bits per heavy atom. The smallest absolute Gasteiger partial charge is 0.152 e. The predicted molar refractivity (Wildman–Crippen MR) is 82.3 cm³/mol. The molecule has 1 aromatic carbocycles. The molecule has 0 aliphatic carbocycles. The average Bonchev–Trinajstić information content (AvgIpc) is 2.95. The number of rotatable bonds is 4. The maximum absolute atomic E-state index is 9.12. The maximum Gasteiger partial charge on any atom is 0.152 e. The second kappa shape index (κ2) is 5.76. The maximum atomic E-state index is 9.12. The van der Waals surface area contributed by atoms with Gasteiger partial charge in [-0.15, -0.1) is 0 Å². The number of hydrazone groups is 1. The van der Waals surface area contributed by atoms with Crippen molar-refractivity contribution in [3.63, 3.8) is 0 Å². The van der Waals surface area contributed by atoms with Crippen LogP contribution in [0, 0.1) is 6.92 Å². The fourth-order valence-corrected chi connectivity index (χ4v) is 2.16. The van der Waals surface area contributed by atoms with Gasteiger partial charge < -0.3 is 9.52 Å². The lowest BCUT2D eigenvalue weighted by Crippen LogP contribution is -1.96. The van der Waals surface area contributed by atoms with Crippen molar-refractivity contribution in [1.82, 2.24) is 4.98 Å². The molecule has 5 nitrogen and oxygen atoms in total. The first-order valence-corrected chi connectivity index (χ1v) is 6.60. The zero-order valence-electron chi connectivity index (χ0n) is 11.6. The van der Waals surface area contributed by atoms with E-state index >= 15 is 0 Å². The Hall–Kier alpha value is -2.66. The summed E-state index contributed by atoms with van der Waals surface area (Å²) < 4.78 is 5.22. The first kappa shape index (κ1) is 13.3. The van der Waals surface area contributed by atoms with Crippen LogP contribution in [0.15, 0.2) is 52.2 Å². The number of aliphatic hydroxyl groups is 1. The normalized spacial score (nSPS) is 11.3. The Morgan fingerprint density at radius 3 is 3.05 bits per heavy atom. The monoisotopic (exact) mass is 281 g/mol. The highest BCUT2D eigenvalue weighted by Crippen LogP contribution is 2.19. The largest absolute Gasteiger partial charge is 0.463 e. The minimum absolute atomic E-state index is 0.0782. The van der Waals surface area contributed by atoms with Gasteiger partial charge in [0.15, 0.2) is 5.76 Å². The molecular weight excluding hydrogens is 266 g/mol. The number of aromatic nitrogens is 1. The van der Waals surface area contributed by atoms with Gasteiger partial charge >= 0.3 is 0 Å². The molecule has 2 heterocycles. The average molecular weight is 281 g/mol. The van der Waals surface area contributed by atoms with Crippen LogP contribution in [0.2, 0.25) is 0 Å². The zero-order valence-corrected chi connectivity index (χ0v) is 11.6. The van der Waals surface area contributed by atoms with Gasteiger partial charge in [0.05, 0.1) is 24.6 Å². The third-order valence-corrected chi connectivity index (χ3v) is 3.23. The number of para-hydroxylation sites is 1. The summed E-state index contributed by atoms with van der Waals surface area (Å²) in [5.74, 6) is 1.20. The molecule has 3 aromatic rings. The summed E-state index contributed by atoms with van der Waals surface area (Å²) in [7, 11) is 0. The second-order valence-electron chi connectivity index (χ2n) is 4.68. The number of benzene rings is 1. The molecule has 0 spiro atoms. The van der Waals surface area contributed by atoms with E-state index in [0.29, 0.717) is 17.1 Å². The van der Waals surface area contributed by atoms with E-state index in [-0.39, 0.29) is 6.61 Å². The predicted octanol–water partition coefficient (Wildman–Crippen LogP) is 3.07. The minimum atomic E-state index is -0.0782. The van der Waals surface area contributed by atoms with Crippen molar-refractivity contribution in [2.45, 2.75) is 13.5 Å². The van der Waals surface area contributed by atoms with Crippen molar-refractivity contribution in [2.75, 3.05) is 5.43 Å². The molecule has 0 bridgehead atoms. The highest BCUT2D eigenvalue weighted by Gasteiger charge is 2.03. The van der Waals surface area contributed by atoms with E-state index in [2.05, 4.69) is 15.5 Å². The third-order valence-electron chi connectivity index (χ3n) is 3.23. The van der Waals surface area contributed by atoms with Crippen molar-refractivity contribution in [1.29, 1.82) is 0 Å². The van der Waals surface area contributed by atoms with E-state index in [4.69, 9.17) is 9.52 Å². The van der Waals surface area contributed by atoms with Gasteiger partial charge in [-0.25, -0.2) is 4.98 Å². The number of furan rings is 1. The van der Waals surface area contributed by atoms with Crippen LogP contribution in [-0.2, 0) is 6.61 Å². The molecule has 2 N–H and O–H groups in total. The minimum Gasteiger partial charge on any atom is -0.463 e. The number of nitrogens with zero attached hydrogens (tertiary/aromatic N) is 2. The number of aliphatic hydroxyl groups excluding tert-OH is 1. The van der Waals surface area contributed by atoms with Crippen LogP contribution in [0.3, 0.4) is 0 Å². The van der Waals surface area contributed by atoms with Crippen molar-refractivity contribution >= 4 is 22.9 Å². The van der Waals surface area contributed by atoms with E-state index in [1.54, 1.807) is 6.07 Å². The van der Waals surface area contributed by atoms with Crippen LogP contribution < -0.4 is 5.43 Å². The first-order valence-electron chi connectivity index (χ1n) is 6.60. The number of fused-ring (bicyclic) bond motifs is 1. The number of hydrogen-bond acceptors (Lipinski definition) is 5. The van der Waals surface area contributed by atoms with Crippen LogP contribution in [0.4, 0.5) is 5.82 Å². The first-order chi connectivity index (χ1) is 10.3. The number of anilines is 1. The number of nitrogens with one attached hydrogen (secondary N) is 1. The van der Waals surface area contributed by atoms with Gasteiger partial charge in [0.2, 0.25) is 0 Å². The van der Waals surface area contributed by atoms with E-state index in [0.717, 1.165) is 16.5 Å². The quantitative estimate of drug-likeness (QED) is 0.569. The summed E-state index contributed by atoms with van der Waals surface area (Å²) in [6.07, 6.45) is 3.04. The Kier molecular flexibility index (Phi) is 3.66. The van der Waals surface area contributed by atoms with Crippen LogP contribution in [0.5, 0.6) is 0 Å². The Morgan fingerprint density at radius 1 is 1.33 bits per heavy atom. The van der Waals surface area contributed by atoms with Gasteiger partial charge in [0.1, 0.15) is 5.82 Å². The summed E-state index contributed by atoms with van der Waals surface area (Å²) in [4.78, 5) is 4.49. The van der Waals surface area contributed by atoms with Gasteiger partial charge in [-0.2, -0.15) is 5.10 Å². The standard InChI is InChI=1S/C16H15N3O2/c1-11-8-16(18-14-5-3-2-4-13(11)14)19-17-9-15-12(10-20)6-7-21-15/h2-9,20H,10H2,1H3,(H,18,19)/b17-9+. The second-order valence-corrected chi connectivity index (χ2v) is 4.68. The molecule has 0 fully saturated rings. The molecule has 0 aliphatic heterocycles. The SMILES string of the molecule is Cc1cc(N/N=C/c2occc2CO)nc2ccccc12. The lowest BCUT2D eigenvalue weighted by Gasteiger charge is -2.05. The van der Waals surface area contributed by atoms with E-state index in [9.17, 15) is 0 Å². The van der Waals surface area contributed by atoms with Crippen LogP contribution in [-0.4, -0.2) is 16.3 Å². The Balaban J connectivity index is 1.82. The molecule has 0 saturated carbocycles. The number of pyridine rings is 1. The van der Waals surface area contributed by atoms with Crippen molar-refractivity contribution < 1.29 is 9.52 Å². The molecule has 106 valence electrons. The highest BCUT2D eigenvalue weighted by atomic mass is 16.3. The molecular formula is C16H15N3O2. The third kappa shape index (κ3) is 2.78. The molecule has 0 atom stereocenters.